The minimum absolute atomic E-state index is 0.0186. The number of hydrogen-bond acceptors (Lipinski definition) is 2. The van der Waals surface area contributed by atoms with Gasteiger partial charge in [-0.2, -0.15) is 0 Å². The average Bonchev–Trinajstić information content (AvgIpc) is 2.37. The Kier molecular flexibility index (Phi) is 5.28. The van der Waals surface area contributed by atoms with Gasteiger partial charge in [-0.15, -0.1) is 0 Å². The van der Waals surface area contributed by atoms with Crippen LogP contribution in [0.2, 0.25) is 5.02 Å². The predicted octanol–water partition coefficient (Wildman–Crippen LogP) is 4.98. The van der Waals surface area contributed by atoms with Gasteiger partial charge in [0, 0.05) is 26.2 Å². The first kappa shape index (κ1) is 14.9. The lowest BCUT2D eigenvalue weighted by atomic mass is 10.1. The van der Waals surface area contributed by atoms with Crippen molar-refractivity contribution in [2.24, 2.45) is 5.73 Å². The molecule has 1 atom stereocenters. The van der Waals surface area contributed by atoms with Gasteiger partial charge in [-0.05, 0) is 35.9 Å². The van der Waals surface area contributed by atoms with E-state index in [-0.39, 0.29) is 6.04 Å². The summed E-state index contributed by atoms with van der Waals surface area (Å²) in [6.07, 6.45) is 0. The largest absolute Gasteiger partial charge is 0.377 e. The number of rotatable bonds is 4. The Morgan fingerprint density at radius 3 is 2.47 bits per heavy atom. The van der Waals surface area contributed by atoms with Crippen LogP contribution in [0.4, 0.5) is 5.69 Å². The summed E-state index contributed by atoms with van der Waals surface area (Å²) in [6, 6.07) is 13.8. The highest BCUT2D eigenvalue weighted by Crippen LogP contribution is 2.29. The highest BCUT2D eigenvalue weighted by atomic mass is 79.9. The topological polar surface area (TPSA) is 38.0 Å². The van der Waals surface area contributed by atoms with E-state index in [1.807, 2.05) is 42.5 Å². The van der Waals surface area contributed by atoms with Crippen molar-refractivity contribution < 1.29 is 0 Å². The molecule has 0 aromatic heterocycles. The maximum absolute atomic E-state index is 6.27. The molecule has 2 aromatic carbocycles. The molecule has 3 N–H and O–H groups in total. The normalized spacial score (nSPS) is 12.2. The van der Waals surface area contributed by atoms with Gasteiger partial charge in [0.2, 0.25) is 0 Å². The summed E-state index contributed by atoms with van der Waals surface area (Å²) in [6.45, 7) is 0.466. The summed E-state index contributed by atoms with van der Waals surface area (Å²) >= 11 is 13.1. The summed E-state index contributed by atoms with van der Waals surface area (Å²) in [5.41, 5.74) is 7.85. The van der Waals surface area contributed by atoms with E-state index in [9.17, 15) is 0 Å². The molecule has 0 bridgehead atoms. The lowest BCUT2D eigenvalue weighted by Gasteiger charge is -2.20. The Morgan fingerprint density at radius 2 is 1.84 bits per heavy atom. The minimum atomic E-state index is -0.0186. The third-order valence-corrected chi connectivity index (χ3v) is 4.05. The third kappa shape index (κ3) is 3.96. The van der Waals surface area contributed by atoms with Gasteiger partial charge in [0.1, 0.15) is 0 Å². The molecule has 0 aliphatic heterocycles. The molecule has 0 saturated carbocycles. The van der Waals surface area contributed by atoms with Crippen molar-refractivity contribution in [2.75, 3.05) is 11.9 Å². The zero-order valence-corrected chi connectivity index (χ0v) is 14.0. The molecule has 2 nitrogen and oxygen atoms in total. The van der Waals surface area contributed by atoms with Crippen LogP contribution in [0, 0.1) is 0 Å². The monoisotopic (exact) mass is 402 g/mol. The van der Waals surface area contributed by atoms with Crippen molar-refractivity contribution in [1.29, 1.82) is 0 Å². The van der Waals surface area contributed by atoms with Gasteiger partial charge in [0.25, 0.3) is 0 Å². The van der Waals surface area contributed by atoms with Crippen LogP contribution in [-0.2, 0) is 0 Å². The number of nitrogens with two attached hydrogens (primary N) is 1. The van der Waals surface area contributed by atoms with E-state index in [1.54, 1.807) is 0 Å². The standard InChI is InChI=1S/C14H13Br2ClN2/c15-9-2-1-3-11(6-9)19-14(8-18)12-5-4-10(16)7-13(12)17/h1-7,14,19H,8,18H2. The molecule has 100 valence electrons. The lowest BCUT2D eigenvalue weighted by molar-refractivity contribution is 0.790. The minimum Gasteiger partial charge on any atom is -0.377 e. The molecule has 0 aliphatic rings. The fourth-order valence-corrected chi connectivity index (χ4v) is 3.03. The smallest absolute Gasteiger partial charge is 0.0650 e. The number of hydrogen-bond donors (Lipinski definition) is 2. The van der Waals surface area contributed by atoms with Gasteiger partial charge < -0.3 is 11.1 Å². The van der Waals surface area contributed by atoms with E-state index in [0.717, 1.165) is 20.2 Å². The van der Waals surface area contributed by atoms with Gasteiger partial charge in [-0.3, -0.25) is 0 Å². The molecular formula is C14H13Br2ClN2. The summed E-state index contributed by atoms with van der Waals surface area (Å²) in [4.78, 5) is 0. The molecule has 0 heterocycles. The Labute approximate surface area is 134 Å². The molecule has 0 saturated heterocycles. The first-order chi connectivity index (χ1) is 9.10. The molecule has 0 amide bonds. The molecule has 1 unspecified atom stereocenters. The second kappa shape index (κ2) is 6.75. The van der Waals surface area contributed by atoms with Crippen molar-refractivity contribution in [3.05, 3.63) is 62.0 Å². The predicted molar refractivity (Wildman–Crippen MR) is 88.7 cm³/mol. The van der Waals surface area contributed by atoms with Gasteiger partial charge in [0.15, 0.2) is 0 Å². The quantitative estimate of drug-likeness (QED) is 0.754. The first-order valence-corrected chi connectivity index (χ1v) is 7.73. The molecule has 19 heavy (non-hydrogen) atoms. The van der Waals surface area contributed by atoms with E-state index < -0.39 is 0 Å². The van der Waals surface area contributed by atoms with Crippen molar-refractivity contribution >= 4 is 49.1 Å². The van der Waals surface area contributed by atoms with Crippen LogP contribution >= 0.6 is 43.5 Å². The van der Waals surface area contributed by atoms with Gasteiger partial charge in [-0.1, -0.05) is 55.6 Å². The molecule has 5 heteroatoms. The maximum atomic E-state index is 6.27. The fraction of sp³-hybridized carbons (Fsp3) is 0.143. The van der Waals surface area contributed by atoms with Crippen LogP contribution in [0.1, 0.15) is 11.6 Å². The van der Waals surface area contributed by atoms with Crippen LogP contribution < -0.4 is 11.1 Å². The number of anilines is 1. The van der Waals surface area contributed by atoms with Gasteiger partial charge in [-0.25, -0.2) is 0 Å². The number of benzene rings is 2. The Hall–Kier alpha value is -0.550. The molecule has 2 aromatic rings. The molecule has 2 rings (SSSR count). The Morgan fingerprint density at radius 1 is 1.11 bits per heavy atom. The summed E-state index contributed by atoms with van der Waals surface area (Å²) in [7, 11) is 0. The van der Waals surface area contributed by atoms with E-state index in [1.165, 1.54) is 0 Å². The molecular weight excluding hydrogens is 391 g/mol. The molecule has 0 aliphatic carbocycles. The van der Waals surface area contributed by atoms with Crippen molar-refractivity contribution in [3.8, 4) is 0 Å². The number of nitrogens with one attached hydrogen (secondary N) is 1. The fourth-order valence-electron chi connectivity index (χ4n) is 1.83. The van der Waals surface area contributed by atoms with E-state index >= 15 is 0 Å². The van der Waals surface area contributed by atoms with Gasteiger partial charge >= 0.3 is 0 Å². The second-order valence-corrected chi connectivity index (χ2v) is 6.35. The van der Waals surface area contributed by atoms with Crippen molar-refractivity contribution in [2.45, 2.75) is 6.04 Å². The van der Waals surface area contributed by atoms with E-state index in [4.69, 9.17) is 17.3 Å². The van der Waals surface area contributed by atoms with Gasteiger partial charge in [0.05, 0.1) is 6.04 Å². The highest BCUT2D eigenvalue weighted by molar-refractivity contribution is 9.10. The first-order valence-electron chi connectivity index (χ1n) is 5.77. The van der Waals surface area contributed by atoms with Crippen LogP contribution in [0.3, 0.4) is 0 Å². The second-order valence-electron chi connectivity index (χ2n) is 4.11. The lowest BCUT2D eigenvalue weighted by Crippen LogP contribution is -2.20. The molecule has 0 spiro atoms. The highest BCUT2D eigenvalue weighted by Gasteiger charge is 2.13. The number of halogens is 3. The van der Waals surface area contributed by atoms with E-state index in [0.29, 0.717) is 11.6 Å². The zero-order valence-electron chi connectivity index (χ0n) is 10.0. The van der Waals surface area contributed by atoms with Crippen LogP contribution in [0.5, 0.6) is 0 Å². The zero-order chi connectivity index (χ0) is 13.8. The Bertz CT molecular complexity index is 575. The summed E-state index contributed by atoms with van der Waals surface area (Å²) < 4.78 is 1.98. The summed E-state index contributed by atoms with van der Waals surface area (Å²) in [5, 5.41) is 4.09. The van der Waals surface area contributed by atoms with Crippen molar-refractivity contribution in [3.63, 3.8) is 0 Å². The van der Waals surface area contributed by atoms with Crippen LogP contribution in [0.25, 0.3) is 0 Å². The summed E-state index contributed by atoms with van der Waals surface area (Å²) in [5.74, 6) is 0. The molecule has 0 fully saturated rings. The average molecular weight is 405 g/mol. The maximum Gasteiger partial charge on any atom is 0.0650 e. The van der Waals surface area contributed by atoms with E-state index in [2.05, 4.69) is 37.2 Å². The van der Waals surface area contributed by atoms with Crippen LogP contribution in [0.15, 0.2) is 51.4 Å². The third-order valence-electron chi connectivity index (χ3n) is 2.74. The Balaban J connectivity index is 2.25. The van der Waals surface area contributed by atoms with Crippen LogP contribution in [-0.4, -0.2) is 6.54 Å². The SMILES string of the molecule is NCC(Nc1cccc(Br)c1)c1ccc(Br)cc1Cl. The molecule has 0 radical (unpaired) electrons. The van der Waals surface area contributed by atoms with Crippen molar-refractivity contribution in [1.82, 2.24) is 0 Å².